The van der Waals surface area contributed by atoms with Crippen LogP contribution in [0.3, 0.4) is 0 Å². The highest BCUT2D eigenvalue weighted by atomic mass is 32.1. The second kappa shape index (κ2) is 5.77. The fourth-order valence-electron chi connectivity index (χ4n) is 2.67. The van der Waals surface area contributed by atoms with E-state index in [1.54, 1.807) is 11.7 Å². The van der Waals surface area contributed by atoms with Crippen LogP contribution in [-0.2, 0) is 0 Å². The SMILES string of the molecule is CNc1cc(C2CCCN2C(=O)c2cncs2)nc(C)n1. The maximum Gasteiger partial charge on any atom is 0.266 e. The molecule has 3 rings (SSSR count). The summed E-state index contributed by atoms with van der Waals surface area (Å²) in [5.41, 5.74) is 2.59. The van der Waals surface area contributed by atoms with Crippen molar-refractivity contribution in [2.75, 3.05) is 18.9 Å². The van der Waals surface area contributed by atoms with Gasteiger partial charge < -0.3 is 10.2 Å². The summed E-state index contributed by atoms with van der Waals surface area (Å²) in [6, 6.07) is 1.95. The molecular weight excluding hydrogens is 286 g/mol. The van der Waals surface area contributed by atoms with E-state index in [2.05, 4.69) is 20.3 Å². The number of amides is 1. The number of hydrogen-bond donors (Lipinski definition) is 1. The molecule has 0 spiro atoms. The topological polar surface area (TPSA) is 71.0 Å². The predicted octanol–water partition coefficient (Wildman–Crippen LogP) is 2.26. The summed E-state index contributed by atoms with van der Waals surface area (Å²) in [6.45, 7) is 2.63. The number of nitrogens with zero attached hydrogens (tertiary/aromatic N) is 4. The van der Waals surface area contributed by atoms with E-state index in [9.17, 15) is 4.79 Å². The predicted molar refractivity (Wildman–Crippen MR) is 81.4 cm³/mol. The van der Waals surface area contributed by atoms with Gasteiger partial charge in [-0.15, -0.1) is 11.3 Å². The third-order valence-corrected chi connectivity index (χ3v) is 4.37. The largest absolute Gasteiger partial charge is 0.373 e. The lowest BCUT2D eigenvalue weighted by atomic mass is 10.1. The monoisotopic (exact) mass is 303 g/mol. The normalized spacial score (nSPS) is 18.0. The Morgan fingerprint density at radius 3 is 3.05 bits per heavy atom. The molecule has 1 amide bonds. The lowest BCUT2D eigenvalue weighted by molar-refractivity contribution is 0.0737. The highest BCUT2D eigenvalue weighted by molar-refractivity contribution is 7.11. The average Bonchev–Trinajstić information content (AvgIpc) is 3.17. The van der Waals surface area contributed by atoms with Crippen LogP contribution >= 0.6 is 11.3 Å². The second-order valence-corrected chi connectivity index (χ2v) is 5.88. The van der Waals surface area contributed by atoms with E-state index in [0.29, 0.717) is 10.7 Å². The van der Waals surface area contributed by atoms with Crippen LogP contribution < -0.4 is 5.32 Å². The smallest absolute Gasteiger partial charge is 0.266 e. The molecular formula is C14H17N5OS. The number of likely N-dealkylation sites (tertiary alicyclic amines) is 1. The molecule has 0 bridgehead atoms. The molecule has 1 aliphatic rings. The van der Waals surface area contributed by atoms with Gasteiger partial charge in [0.15, 0.2) is 0 Å². The molecule has 0 aromatic carbocycles. The minimum absolute atomic E-state index is 0.0217. The fraction of sp³-hybridized carbons (Fsp3) is 0.429. The molecule has 0 saturated carbocycles. The number of anilines is 1. The Labute approximate surface area is 127 Å². The summed E-state index contributed by atoms with van der Waals surface area (Å²) < 4.78 is 0. The Morgan fingerprint density at radius 2 is 2.33 bits per heavy atom. The first-order chi connectivity index (χ1) is 10.2. The molecule has 6 nitrogen and oxygen atoms in total. The van der Waals surface area contributed by atoms with E-state index in [-0.39, 0.29) is 11.9 Å². The number of hydrogen-bond acceptors (Lipinski definition) is 6. The molecule has 1 unspecified atom stereocenters. The maximum atomic E-state index is 12.6. The quantitative estimate of drug-likeness (QED) is 0.941. The highest BCUT2D eigenvalue weighted by Gasteiger charge is 2.32. The molecule has 1 atom stereocenters. The van der Waals surface area contributed by atoms with Gasteiger partial charge >= 0.3 is 0 Å². The maximum absolute atomic E-state index is 12.6. The Bertz CT molecular complexity index is 643. The molecule has 7 heteroatoms. The summed E-state index contributed by atoms with van der Waals surface area (Å²) in [4.78, 5) is 28.0. The van der Waals surface area contributed by atoms with E-state index in [4.69, 9.17) is 0 Å². The third kappa shape index (κ3) is 2.73. The van der Waals surface area contributed by atoms with Gasteiger partial charge in [0.1, 0.15) is 16.5 Å². The molecule has 110 valence electrons. The highest BCUT2D eigenvalue weighted by Crippen LogP contribution is 2.33. The number of thiazole rings is 1. The lowest BCUT2D eigenvalue weighted by Gasteiger charge is -2.24. The number of nitrogens with one attached hydrogen (secondary N) is 1. The Kier molecular flexibility index (Phi) is 3.83. The summed E-state index contributed by atoms with van der Waals surface area (Å²) in [5.74, 6) is 1.55. The fourth-order valence-corrected chi connectivity index (χ4v) is 3.24. The first-order valence-electron chi connectivity index (χ1n) is 6.92. The van der Waals surface area contributed by atoms with E-state index < -0.39 is 0 Å². The summed E-state index contributed by atoms with van der Waals surface area (Å²) in [5, 5.41) is 3.04. The van der Waals surface area contributed by atoms with Crippen molar-refractivity contribution < 1.29 is 4.79 Å². The van der Waals surface area contributed by atoms with Crippen molar-refractivity contribution in [3.05, 3.63) is 34.2 Å². The number of aryl methyl sites for hydroxylation is 1. The minimum atomic E-state index is 0.0217. The van der Waals surface area contributed by atoms with Crippen molar-refractivity contribution in [1.29, 1.82) is 0 Å². The Balaban J connectivity index is 1.90. The van der Waals surface area contributed by atoms with Gasteiger partial charge in [0.25, 0.3) is 5.91 Å². The Hall–Kier alpha value is -2.02. The molecule has 1 fully saturated rings. The van der Waals surface area contributed by atoms with E-state index in [0.717, 1.165) is 30.9 Å². The van der Waals surface area contributed by atoms with Gasteiger partial charge in [-0.2, -0.15) is 0 Å². The standard InChI is InChI=1S/C14H17N5OS/c1-9-17-10(6-13(15-2)18-9)11-4-3-5-19(11)14(20)12-7-16-8-21-12/h6-8,11H,3-5H2,1-2H3,(H,15,17,18). The molecule has 0 radical (unpaired) electrons. The number of aromatic nitrogens is 3. The molecule has 0 aliphatic carbocycles. The van der Waals surface area contributed by atoms with Gasteiger partial charge in [-0.1, -0.05) is 0 Å². The van der Waals surface area contributed by atoms with Gasteiger partial charge in [0.05, 0.1) is 23.4 Å². The van der Waals surface area contributed by atoms with Crippen LogP contribution in [0.5, 0.6) is 0 Å². The van der Waals surface area contributed by atoms with E-state index >= 15 is 0 Å². The second-order valence-electron chi connectivity index (χ2n) is 5.00. The molecule has 1 N–H and O–H groups in total. The summed E-state index contributed by atoms with van der Waals surface area (Å²) in [7, 11) is 1.83. The molecule has 21 heavy (non-hydrogen) atoms. The van der Waals surface area contributed by atoms with Gasteiger partial charge in [-0.25, -0.2) is 9.97 Å². The van der Waals surface area contributed by atoms with Gasteiger partial charge in [-0.05, 0) is 19.8 Å². The zero-order chi connectivity index (χ0) is 14.8. The van der Waals surface area contributed by atoms with Crippen molar-refractivity contribution in [3.8, 4) is 0 Å². The minimum Gasteiger partial charge on any atom is -0.373 e. The van der Waals surface area contributed by atoms with Crippen LogP contribution in [-0.4, -0.2) is 39.4 Å². The first-order valence-corrected chi connectivity index (χ1v) is 7.80. The zero-order valence-electron chi connectivity index (χ0n) is 12.0. The molecule has 1 saturated heterocycles. The molecule has 2 aromatic heterocycles. The van der Waals surface area contributed by atoms with Crippen LogP contribution in [0.1, 0.15) is 40.1 Å². The van der Waals surface area contributed by atoms with Crippen molar-refractivity contribution in [3.63, 3.8) is 0 Å². The van der Waals surface area contributed by atoms with Gasteiger partial charge in [0, 0.05) is 19.7 Å². The number of carbonyl (C=O) groups is 1. The van der Waals surface area contributed by atoms with Crippen molar-refractivity contribution in [2.24, 2.45) is 0 Å². The van der Waals surface area contributed by atoms with E-state index in [1.165, 1.54) is 11.3 Å². The Morgan fingerprint density at radius 1 is 1.48 bits per heavy atom. The lowest BCUT2D eigenvalue weighted by Crippen LogP contribution is -2.30. The van der Waals surface area contributed by atoms with Crippen LogP contribution in [0.25, 0.3) is 0 Å². The summed E-state index contributed by atoms with van der Waals surface area (Å²) >= 11 is 1.38. The molecule has 3 heterocycles. The summed E-state index contributed by atoms with van der Waals surface area (Å²) in [6.07, 6.45) is 3.56. The molecule has 1 aliphatic heterocycles. The van der Waals surface area contributed by atoms with Crippen LogP contribution in [0.2, 0.25) is 0 Å². The third-order valence-electron chi connectivity index (χ3n) is 3.61. The van der Waals surface area contributed by atoms with E-state index in [1.807, 2.05) is 24.9 Å². The average molecular weight is 303 g/mol. The number of carbonyl (C=O) groups excluding carboxylic acids is 1. The first kappa shape index (κ1) is 13.9. The zero-order valence-corrected chi connectivity index (χ0v) is 12.9. The molecule has 2 aromatic rings. The van der Waals surface area contributed by atoms with Crippen molar-refractivity contribution in [1.82, 2.24) is 19.9 Å². The van der Waals surface area contributed by atoms with Gasteiger partial charge in [-0.3, -0.25) is 9.78 Å². The van der Waals surface area contributed by atoms with Crippen molar-refractivity contribution >= 4 is 23.1 Å². The van der Waals surface area contributed by atoms with Gasteiger partial charge in [0.2, 0.25) is 0 Å². The van der Waals surface area contributed by atoms with Crippen LogP contribution in [0, 0.1) is 6.92 Å². The van der Waals surface area contributed by atoms with Crippen LogP contribution in [0.4, 0.5) is 5.82 Å². The number of rotatable bonds is 3. The van der Waals surface area contributed by atoms with Crippen molar-refractivity contribution in [2.45, 2.75) is 25.8 Å². The van der Waals surface area contributed by atoms with Crippen LogP contribution in [0.15, 0.2) is 17.8 Å².